The summed E-state index contributed by atoms with van der Waals surface area (Å²) in [7, 11) is 0. The van der Waals surface area contributed by atoms with Gasteiger partial charge in [0.15, 0.2) is 5.89 Å². The monoisotopic (exact) mass is 237 g/mol. The summed E-state index contributed by atoms with van der Waals surface area (Å²) in [5.41, 5.74) is 6.52. The molecule has 0 radical (unpaired) electrons. The van der Waals surface area contributed by atoms with Gasteiger partial charge in [-0.05, 0) is 26.2 Å². The number of aromatic nitrogens is 1. The maximum atomic E-state index is 12.2. The van der Waals surface area contributed by atoms with E-state index in [0.29, 0.717) is 23.3 Å². The number of rotatable bonds is 2. The molecule has 2 N–H and O–H groups in total. The molecule has 0 bridgehead atoms. The average molecular weight is 237 g/mol. The molecule has 1 aliphatic heterocycles. The van der Waals surface area contributed by atoms with Crippen LogP contribution in [0.25, 0.3) is 0 Å². The second-order valence-corrected chi connectivity index (χ2v) is 4.81. The first-order valence-electron chi connectivity index (χ1n) is 5.98. The van der Waals surface area contributed by atoms with Crippen molar-refractivity contribution in [3.8, 4) is 0 Å². The van der Waals surface area contributed by atoms with E-state index in [1.807, 2.05) is 6.92 Å². The molecule has 2 unspecified atom stereocenters. The number of nitrogens with zero attached hydrogens (tertiary/aromatic N) is 2. The standard InChI is InChI=1S/C12H19N3O2/c1-7(13)10-4-5-15(6-10)12(16)11-8(2)14-9(3)17-11/h7,10H,4-6,13H2,1-3H3. The van der Waals surface area contributed by atoms with E-state index < -0.39 is 0 Å². The zero-order valence-electron chi connectivity index (χ0n) is 10.6. The molecule has 1 aromatic heterocycles. The van der Waals surface area contributed by atoms with E-state index in [9.17, 15) is 4.79 Å². The van der Waals surface area contributed by atoms with Gasteiger partial charge in [-0.3, -0.25) is 4.79 Å². The third-order valence-corrected chi connectivity index (χ3v) is 3.35. The van der Waals surface area contributed by atoms with Crippen molar-refractivity contribution in [3.63, 3.8) is 0 Å². The molecule has 1 aliphatic rings. The van der Waals surface area contributed by atoms with Crippen LogP contribution in [0.15, 0.2) is 4.42 Å². The van der Waals surface area contributed by atoms with Gasteiger partial charge >= 0.3 is 0 Å². The van der Waals surface area contributed by atoms with Crippen molar-refractivity contribution in [2.75, 3.05) is 13.1 Å². The van der Waals surface area contributed by atoms with E-state index in [4.69, 9.17) is 10.2 Å². The highest BCUT2D eigenvalue weighted by atomic mass is 16.4. The second kappa shape index (κ2) is 4.49. The molecular formula is C12H19N3O2. The Hall–Kier alpha value is -1.36. The predicted molar refractivity (Wildman–Crippen MR) is 63.6 cm³/mol. The maximum absolute atomic E-state index is 12.2. The third-order valence-electron chi connectivity index (χ3n) is 3.35. The first-order chi connectivity index (χ1) is 7.99. The number of oxazole rings is 1. The van der Waals surface area contributed by atoms with E-state index in [2.05, 4.69) is 4.98 Å². The van der Waals surface area contributed by atoms with E-state index in [-0.39, 0.29) is 11.9 Å². The van der Waals surface area contributed by atoms with Gasteiger partial charge in [0.1, 0.15) is 0 Å². The largest absolute Gasteiger partial charge is 0.436 e. The molecule has 5 nitrogen and oxygen atoms in total. The molecule has 0 saturated carbocycles. The summed E-state index contributed by atoms with van der Waals surface area (Å²) >= 11 is 0. The minimum Gasteiger partial charge on any atom is -0.436 e. The fraction of sp³-hybridized carbons (Fsp3) is 0.667. The number of carbonyl (C=O) groups is 1. The average Bonchev–Trinajstić information content (AvgIpc) is 2.84. The van der Waals surface area contributed by atoms with Crippen molar-refractivity contribution < 1.29 is 9.21 Å². The molecule has 1 fully saturated rings. The molecule has 2 heterocycles. The van der Waals surface area contributed by atoms with Crippen LogP contribution in [0.1, 0.15) is 35.5 Å². The SMILES string of the molecule is Cc1nc(C)c(C(=O)N2CCC(C(C)N)C2)o1. The first-order valence-corrected chi connectivity index (χ1v) is 5.98. The lowest BCUT2D eigenvalue weighted by Crippen LogP contribution is -2.33. The lowest BCUT2D eigenvalue weighted by molar-refractivity contribution is 0.0752. The van der Waals surface area contributed by atoms with Gasteiger partial charge < -0.3 is 15.1 Å². The van der Waals surface area contributed by atoms with Gasteiger partial charge in [-0.15, -0.1) is 0 Å². The highest BCUT2D eigenvalue weighted by Crippen LogP contribution is 2.22. The van der Waals surface area contributed by atoms with Crippen LogP contribution in [0.5, 0.6) is 0 Å². The van der Waals surface area contributed by atoms with Gasteiger partial charge in [0.2, 0.25) is 5.76 Å². The highest BCUT2D eigenvalue weighted by Gasteiger charge is 2.31. The molecular weight excluding hydrogens is 218 g/mol. The first kappa shape index (κ1) is 12.1. The van der Waals surface area contributed by atoms with E-state index in [1.54, 1.807) is 18.7 Å². The number of hydrogen-bond acceptors (Lipinski definition) is 4. The lowest BCUT2D eigenvalue weighted by atomic mass is 10.0. The van der Waals surface area contributed by atoms with Crippen LogP contribution in [-0.2, 0) is 0 Å². The molecule has 17 heavy (non-hydrogen) atoms. The number of amides is 1. The van der Waals surface area contributed by atoms with Crippen LogP contribution in [0, 0.1) is 19.8 Å². The van der Waals surface area contributed by atoms with Gasteiger partial charge in [0, 0.05) is 26.1 Å². The van der Waals surface area contributed by atoms with Gasteiger partial charge in [-0.25, -0.2) is 4.98 Å². The van der Waals surface area contributed by atoms with Gasteiger partial charge in [0.05, 0.1) is 5.69 Å². The fourth-order valence-corrected chi connectivity index (χ4v) is 2.27. The van der Waals surface area contributed by atoms with Crippen LogP contribution >= 0.6 is 0 Å². The maximum Gasteiger partial charge on any atom is 0.291 e. The predicted octanol–water partition coefficient (Wildman–Crippen LogP) is 1.10. The van der Waals surface area contributed by atoms with E-state index in [0.717, 1.165) is 19.5 Å². The Kier molecular flexibility index (Phi) is 3.19. The molecule has 1 saturated heterocycles. The van der Waals surface area contributed by atoms with Crippen LogP contribution < -0.4 is 5.73 Å². The zero-order chi connectivity index (χ0) is 12.6. The molecule has 94 valence electrons. The highest BCUT2D eigenvalue weighted by molar-refractivity contribution is 5.92. The summed E-state index contributed by atoms with van der Waals surface area (Å²) in [6.07, 6.45) is 0.968. The Bertz CT molecular complexity index is 425. The van der Waals surface area contributed by atoms with Crippen LogP contribution in [0.4, 0.5) is 0 Å². The van der Waals surface area contributed by atoms with Crippen molar-refractivity contribution >= 4 is 5.91 Å². The van der Waals surface area contributed by atoms with Crippen LogP contribution in [0.3, 0.4) is 0 Å². The van der Waals surface area contributed by atoms with Crippen molar-refractivity contribution in [2.45, 2.75) is 33.2 Å². The smallest absolute Gasteiger partial charge is 0.291 e. The summed E-state index contributed by atoms with van der Waals surface area (Å²) in [5.74, 6) is 1.23. The van der Waals surface area contributed by atoms with Gasteiger partial charge in [0.25, 0.3) is 5.91 Å². The number of hydrogen-bond donors (Lipinski definition) is 1. The molecule has 5 heteroatoms. The second-order valence-electron chi connectivity index (χ2n) is 4.81. The van der Waals surface area contributed by atoms with Gasteiger partial charge in [-0.1, -0.05) is 0 Å². The lowest BCUT2D eigenvalue weighted by Gasteiger charge is -2.17. The third kappa shape index (κ3) is 2.34. The summed E-state index contributed by atoms with van der Waals surface area (Å²) in [4.78, 5) is 18.1. The summed E-state index contributed by atoms with van der Waals surface area (Å²) < 4.78 is 5.35. The zero-order valence-corrected chi connectivity index (χ0v) is 10.6. The summed E-state index contributed by atoms with van der Waals surface area (Å²) in [5, 5.41) is 0. The molecule has 0 aliphatic carbocycles. The molecule has 1 amide bonds. The van der Waals surface area contributed by atoms with E-state index in [1.165, 1.54) is 0 Å². The summed E-state index contributed by atoms with van der Waals surface area (Å²) in [6, 6.07) is 0.130. The molecule has 1 aromatic rings. The molecule has 2 rings (SSSR count). The fourth-order valence-electron chi connectivity index (χ4n) is 2.27. The Morgan fingerprint density at radius 3 is 2.76 bits per heavy atom. The number of carbonyl (C=O) groups excluding carboxylic acids is 1. The molecule has 0 spiro atoms. The molecule has 2 atom stereocenters. The topological polar surface area (TPSA) is 72.4 Å². The van der Waals surface area contributed by atoms with Crippen molar-refractivity contribution in [1.82, 2.24) is 9.88 Å². The van der Waals surface area contributed by atoms with Crippen molar-refractivity contribution in [2.24, 2.45) is 11.7 Å². The Balaban J connectivity index is 2.09. The van der Waals surface area contributed by atoms with Crippen LogP contribution in [0.2, 0.25) is 0 Å². The quantitative estimate of drug-likeness (QED) is 0.836. The molecule has 0 aromatic carbocycles. The normalized spacial score (nSPS) is 21.9. The van der Waals surface area contributed by atoms with Crippen molar-refractivity contribution in [3.05, 3.63) is 17.3 Å². The summed E-state index contributed by atoms with van der Waals surface area (Å²) in [6.45, 7) is 7.00. The number of likely N-dealkylation sites (tertiary alicyclic amines) is 1. The van der Waals surface area contributed by atoms with E-state index >= 15 is 0 Å². The number of aryl methyl sites for hydroxylation is 2. The number of nitrogens with two attached hydrogens (primary N) is 1. The van der Waals surface area contributed by atoms with Crippen molar-refractivity contribution in [1.29, 1.82) is 0 Å². The van der Waals surface area contributed by atoms with Gasteiger partial charge in [-0.2, -0.15) is 0 Å². The minimum absolute atomic E-state index is 0.0637. The Labute approximate surface area is 101 Å². The Morgan fingerprint density at radius 1 is 1.59 bits per heavy atom. The van der Waals surface area contributed by atoms with Crippen LogP contribution in [-0.4, -0.2) is 34.9 Å². The Morgan fingerprint density at radius 2 is 2.29 bits per heavy atom. The minimum atomic E-state index is -0.0637.